The number of aromatic hydroxyl groups is 2. The van der Waals surface area contributed by atoms with Crippen molar-refractivity contribution in [1.82, 2.24) is 0 Å². The SMILES string of the molecule is CC(=O)c1c(O)cc(O)c2c1O[C@@]1(C2)O[C@H](CO)[C@H](O)[C@@H]1O. The van der Waals surface area contributed by atoms with Gasteiger partial charge < -0.3 is 35.0 Å². The van der Waals surface area contributed by atoms with E-state index in [2.05, 4.69) is 0 Å². The largest absolute Gasteiger partial charge is 0.507 e. The number of aliphatic hydroxyl groups excluding tert-OH is 3. The average molecular weight is 312 g/mol. The number of carbonyl (C=O) groups excluding carboxylic acids is 1. The third-order valence-corrected chi connectivity index (χ3v) is 4.08. The molecular weight excluding hydrogens is 296 g/mol. The van der Waals surface area contributed by atoms with Crippen molar-refractivity contribution < 1.29 is 39.8 Å². The molecule has 0 amide bonds. The van der Waals surface area contributed by atoms with E-state index in [9.17, 15) is 25.2 Å². The van der Waals surface area contributed by atoms with Crippen molar-refractivity contribution in [3.05, 3.63) is 17.2 Å². The summed E-state index contributed by atoms with van der Waals surface area (Å²) in [6.45, 7) is 0.689. The van der Waals surface area contributed by atoms with E-state index in [1.165, 1.54) is 6.92 Å². The molecule has 4 atom stereocenters. The highest BCUT2D eigenvalue weighted by Gasteiger charge is 2.60. The van der Waals surface area contributed by atoms with Crippen LogP contribution < -0.4 is 4.74 Å². The zero-order valence-electron chi connectivity index (χ0n) is 11.7. The Morgan fingerprint density at radius 1 is 1.36 bits per heavy atom. The Morgan fingerprint density at radius 3 is 2.59 bits per heavy atom. The van der Waals surface area contributed by atoms with Crippen LogP contribution in [0.4, 0.5) is 0 Å². The number of ether oxygens (including phenoxy) is 2. The van der Waals surface area contributed by atoms with Gasteiger partial charge in [-0.1, -0.05) is 0 Å². The molecule has 5 N–H and O–H groups in total. The summed E-state index contributed by atoms with van der Waals surface area (Å²) in [5.74, 6) is -3.06. The predicted molar refractivity (Wildman–Crippen MR) is 70.8 cm³/mol. The van der Waals surface area contributed by atoms with Crippen molar-refractivity contribution in [3.8, 4) is 17.2 Å². The fraction of sp³-hybridized carbons (Fsp3) is 0.500. The van der Waals surface area contributed by atoms with Gasteiger partial charge in [-0.25, -0.2) is 0 Å². The van der Waals surface area contributed by atoms with Gasteiger partial charge in [0, 0.05) is 18.1 Å². The lowest BCUT2D eigenvalue weighted by molar-refractivity contribution is -0.200. The lowest BCUT2D eigenvalue weighted by atomic mass is 9.97. The van der Waals surface area contributed by atoms with Gasteiger partial charge in [0.05, 0.1) is 6.61 Å². The molecule has 1 fully saturated rings. The summed E-state index contributed by atoms with van der Waals surface area (Å²) in [7, 11) is 0. The number of benzene rings is 1. The van der Waals surface area contributed by atoms with E-state index in [1.54, 1.807) is 0 Å². The van der Waals surface area contributed by atoms with Gasteiger partial charge >= 0.3 is 0 Å². The van der Waals surface area contributed by atoms with Gasteiger partial charge in [0.2, 0.25) is 5.79 Å². The standard InChI is InChI=1S/C14H16O8/c1-5(16)10-8(18)2-7(17)6-3-14(22-12(6)10)13(20)11(19)9(4-15)21-14/h2,9,11,13,15,17-20H,3-4H2,1H3/t9-,11+,13+,14-/m1/s1. The van der Waals surface area contributed by atoms with Gasteiger partial charge in [0.15, 0.2) is 5.78 Å². The molecular formula is C14H16O8. The molecule has 0 aromatic heterocycles. The highest BCUT2D eigenvalue weighted by Crippen LogP contribution is 2.50. The van der Waals surface area contributed by atoms with Crippen molar-refractivity contribution in [2.75, 3.05) is 6.61 Å². The van der Waals surface area contributed by atoms with Crippen LogP contribution in [0.2, 0.25) is 0 Å². The second-order valence-corrected chi connectivity index (χ2v) is 5.52. The summed E-state index contributed by atoms with van der Waals surface area (Å²) >= 11 is 0. The van der Waals surface area contributed by atoms with Crippen molar-refractivity contribution in [2.45, 2.75) is 37.4 Å². The lowest BCUT2D eigenvalue weighted by Gasteiger charge is -2.26. The summed E-state index contributed by atoms with van der Waals surface area (Å²) in [5, 5.41) is 49.0. The first-order chi connectivity index (χ1) is 10.3. The summed E-state index contributed by atoms with van der Waals surface area (Å²) in [5.41, 5.74) is 0.0512. The number of Topliss-reactive ketones (excluding diaryl/α,β-unsaturated/α-hetero) is 1. The van der Waals surface area contributed by atoms with Crippen LogP contribution in [0.25, 0.3) is 0 Å². The highest BCUT2D eigenvalue weighted by atomic mass is 16.7. The number of fused-ring (bicyclic) bond motifs is 1. The van der Waals surface area contributed by atoms with Gasteiger partial charge in [0.1, 0.15) is 41.1 Å². The molecule has 0 unspecified atom stereocenters. The molecule has 2 aliphatic heterocycles. The van der Waals surface area contributed by atoms with Crippen molar-refractivity contribution in [3.63, 3.8) is 0 Å². The van der Waals surface area contributed by atoms with Crippen molar-refractivity contribution in [1.29, 1.82) is 0 Å². The number of aliphatic hydroxyl groups is 3. The second kappa shape index (κ2) is 4.82. The molecule has 0 radical (unpaired) electrons. The Hall–Kier alpha value is -1.87. The molecule has 2 heterocycles. The Bertz CT molecular complexity index is 642. The molecule has 1 aromatic rings. The average Bonchev–Trinajstić information content (AvgIpc) is 2.93. The third kappa shape index (κ3) is 1.88. The van der Waals surface area contributed by atoms with Gasteiger partial charge in [-0.2, -0.15) is 0 Å². The van der Waals surface area contributed by atoms with E-state index in [0.29, 0.717) is 0 Å². The van der Waals surface area contributed by atoms with Gasteiger partial charge in [-0.05, 0) is 6.92 Å². The molecule has 0 aliphatic carbocycles. The van der Waals surface area contributed by atoms with Crippen LogP contribution >= 0.6 is 0 Å². The zero-order valence-corrected chi connectivity index (χ0v) is 11.7. The Labute approximate surface area is 125 Å². The number of hydrogen-bond acceptors (Lipinski definition) is 8. The van der Waals surface area contributed by atoms with E-state index < -0.39 is 42.2 Å². The molecule has 0 saturated carbocycles. The Balaban J connectivity index is 2.08. The highest BCUT2D eigenvalue weighted by molar-refractivity contribution is 6.00. The maximum atomic E-state index is 11.7. The fourth-order valence-electron chi connectivity index (χ4n) is 2.99. The van der Waals surface area contributed by atoms with E-state index in [1.807, 2.05) is 0 Å². The summed E-state index contributed by atoms with van der Waals surface area (Å²) < 4.78 is 11.0. The van der Waals surface area contributed by atoms with Crippen LogP contribution in [0.1, 0.15) is 22.8 Å². The van der Waals surface area contributed by atoms with E-state index in [4.69, 9.17) is 14.6 Å². The van der Waals surface area contributed by atoms with Gasteiger partial charge in [-0.3, -0.25) is 4.79 Å². The molecule has 8 heteroatoms. The van der Waals surface area contributed by atoms with Crippen molar-refractivity contribution >= 4 is 5.78 Å². The fourth-order valence-corrected chi connectivity index (χ4v) is 2.99. The minimum Gasteiger partial charge on any atom is -0.507 e. The topological polar surface area (TPSA) is 137 Å². The van der Waals surface area contributed by atoms with E-state index >= 15 is 0 Å². The number of ketones is 1. The molecule has 1 spiro atoms. The first-order valence-electron chi connectivity index (χ1n) is 6.73. The van der Waals surface area contributed by atoms with Crippen molar-refractivity contribution in [2.24, 2.45) is 0 Å². The zero-order chi connectivity index (χ0) is 16.2. The lowest BCUT2D eigenvalue weighted by Crippen LogP contribution is -2.47. The molecule has 1 saturated heterocycles. The first-order valence-corrected chi connectivity index (χ1v) is 6.73. The predicted octanol–water partition coefficient (Wildman–Crippen LogP) is -0.956. The van der Waals surface area contributed by atoms with Gasteiger partial charge in [0.25, 0.3) is 0 Å². The van der Waals surface area contributed by atoms with Crippen LogP contribution in [-0.2, 0) is 11.2 Å². The summed E-state index contributed by atoms with van der Waals surface area (Å²) in [6.07, 6.45) is -4.06. The van der Waals surface area contributed by atoms with Crippen LogP contribution in [0.15, 0.2) is 6.07 Å². The maximum Gasteiger partial charge on any atom is 0.244 e. The van der Waals surface area contributed by atoms with Crippen LogP contribution in [0, 0.1) is 0 Å². The summed E-state index contributed by atoms with van der Waals surface area (Å²) in [4.78, 5) is 11.7. The van der Waals surface area contributed by atoms with E-state index in [0.717, 1.165) is 6.07 Å². The molecule has 0 bridgehead atoms. The molecule has 120 valence electrons. The quantitative estimate of drug-likeness (QED) is 0.441. The normalized spacial score (nSPS) is 33.0. The number of hydrogen-bond donors (Lipinski definition) is 5. The molecule has 8 nitrogen and oxygen atoms in total. The maximum absolute atomic E-state index is 11.7. The Morgan fingerprint density at radius 2 is 2.05 bits per heavy atom. The molecule has 22 heavy (non-hydrogen) atoms. The molecule has 3 rings (SSSR count). The minimum atomic E-state index is -1.72. The molecule has 2 aliphatic rings. The van der Waals surface area contributed by atoms with Gasteiger partial charge in [-0.15, -0.1) is 0 Å². The van der Waals surface area contributed by atoms with Crippen LogP contribution in [0.3, 0.4) is 0 Å². The number of phenolic OH excluding ortho intramolecular Hbond substituents is 2. The van der Waals surface area contributed by atoms with E-state index in [-0.39, 0.29) is 29.0 Å². The number of rotatable bonds is 2. The second-order valence-electron chi connectivity index (χ2n) is 5.52. The minimum absolute atomic E-state index is 0.0881. The Kier molecular flexibility index (Phi) is 3.29. The monoisotopic (exact) mass is 312 g/mol. The van der Waals surface area contributed by atoms with Crippen LogP contribution in [-0.4, -0.2) is 62.0 Å². The number of carbonyl (C=O) groups is 1. The molecule has 1 aromatic carbocycles. The van der Waals surface area contributed by atoms with Crippen LogP contribution in [0.5, 0.6) is 17.2 Å². The third-order valence-electron chi connectivity index (χ3n) is 4.08. The number of phenols is 2. The summed E-state index contributed by atoms with van der Waals surface area (Å²) in [6, 6.07) is 1.01. The smallest absolute Gasteiger partial charge is 0.244 e. The first kappa shape index (κ1) is 15.0.